The maximum Gasteiger partial charge on any atom is 0.261 e. The minimum absolute atomic E-state index is 0.237. The van der Waals surface area contributed by atoms with Crippen molar-refractivity contribution in [3.8, 4) is 17.1 Å². The Kier molecular flexibility index (Phi) is 5.22. The van der Waals surface area contributed by atoms with Crippen LogP contribution in [0.4, 0.5) is 0 Å². The number of hydrogen-bond acceptors (Lipinski definition) is 7. The lowest BCUT2D eigenvalue weighted by atomic mass is 10.1. The number of carbonyl (C=O) groups excluding carboxylic acids is 2. The van der Waals surface area contributed by atoms with Crippen molar-refractivity contribution in [2.24, 2.45) is 0 Å². The highest BCUT2D eigenvalue weighted by atomic mass is 32.2. The Bertz CT molecular complexity index is 1030. The first-order chi connectivity index (χ1) is 14.1. The molecule has 0 bridgehead atoms. The number of nitrogen functional groups attached to an aromatic ring is 1. The molecule has 9 heteroatoms. The average molecular weight is 409 g/mol. The number of benzene rings is 2. The summed E-state index contributed by atoms with van der Waals surface area (Å²) in [5.74, 6) is 7.60. The van der Waals surface area contributed by atoms with Crippen molar-refractivity contribution < 1.29 is 14.3 Å². The highest BCUT2D eigenvalue weighted by Gasteiger charge is 2.34. The molecular weight excluding hydrogens is 390 g/mol. The second-order valence-corrected chi connectivity index (χ2v) is 7.48. The summed E-state index contributed by atoms with van der Waals surface area (Å²) in [6, 6.07) is 14.3. The van der Waals surface area contributed by atoms with Crippen molar-refractivity contribution in [1.82, 2.24) is 19.8 Å². The Morgan fingerprint density at radius 3 is 2.28 bits per heavy atom. The molecule has 1 aromatic heterocycles. The predicted molar refractivity (Wildman–Crippen MR) is 109 cm³/mol. The maximum absolute atomic E-state index is 12.4. The van der Waals surface area contributed by atoms with Gasteiger partial charge in [-0.3, -0.25) is 14.5 Å². The topological polar surface area (TPSA) is 103 Å². The summed E-state index contributed by atoms with van der Waals surface area (Å²) < 4.78 is 6.59. The molecule has 2 heterocycles. The molecule has 0 radical (unpaired) electrons. The number of rotatable bonds is 7. The van der Waals surface area contributed by atoms with Gasteiger partial charge in [0.15, 0.2) is 5.82 Å². The Morgan fingerprint density at radius 1 is 1.00 bits per heavy atom. The maximum atomic E-state index is 12.4. The summed E-state index contributed by atoms with van der Waals surface area (Å²) >= 11 is 1.43. The number of imide groups is 1. The molecule has 0 fully saturated rings. The van der Waals surface area contributed by atoms with E-state index < -0.39 is 0 Å². The molecule has 0 atom stereocenters. The van der Waals surface area contributed by atoms with Crippen LogP contribution in [0.1, 0.15) is 27.1 Å². The quantitative estimate of drug-likeness (QED) is 0.277. The molecule has 29 heavy (non-hydrogen) atoms. The minimum atomic E-state index is -0.237. The normalized spacial score (nSPS) is 13.1. The summed E-state index contributed by atoms with van der Waals surface area (Å²) in [6.07, 6.45) is 0.626. The molecule has 0 unspecified atom stereocenters. The van der Waals surface area contributed by atoms with Crippen LogP contribution < -0.4 is 10.6 Å². The van der Waals surface area contributed by atoms with Gasteiger partial charge < -0.3 is 10.6 Å². The van der Waals surface area contributed by atoms with E-state index in [-0.39, 0.29) is 11.8 Å². The van der Waals surface area contributed by atoms with Crippen LogP contribution in [0.15, 0.2) is 53.7 Å². The first-order valence-corrected chi connectivity index (χ1v) is 10.0. The average Bonchev–Trinajstić information content (AvgIpc) is 3.24. The van der Waals surface area contributed by atoms with Crippen molar-refractivity contribution in [2.75, 3.05) is 25.3 Å². The SMILES string of the molecule is COc1ccc(-c2nnc(SCCCN3C(=O)c4ccccc4C3=O)n2N)cc1. The van der Waals surface area contributed by atoms with E-state index in [1.165, 1.54) is 21.3 Å². The van der Waals surface area contributed by atoms with Gasteiger partial charge in [0.2, 0.25) is 5.16 Å². The fraction of sp³-hybridized carbons (Fsp3) is 0.200. The molecule has 2 aromatic carbocycles. The van der Waals surface area contributed by atoms with E-state index in [0.717, 1.165) is 11.3 Å². The van der Waals surface area contributed by atoms with E-state index in [2.05, 4.69) is 10.2 Å². The highest BCUT2D eigenvalue weighted by molar-refractivity contribution is 7.99. The van der Waals surface area contributed by atoms with E-state index in [1.807, 2.05) is 24.3 Å². The number of nitrogens with zero attached hydrogens (tertiary/aromatic N) is 4. The number of amides is 2. The van der Waals surface area contributed by atoms with Gasteiger partial charge in [0, 0.05) is 17.9 Å². The van der Waals surface area contributed by atoms with Gasteiger partial charge in [-0.1, -0.05) is 23.9 Å². The number of aromatic nitrogens is 3. The Balaban J connectivity index is 1.34. The van der Waals surface area contributed by atoms with Crippen molar-refractivity contribution in [3.63, 3.8) is 0 Å². The number of thioether (sulfide) groups is 1. The van der Waals surface area contributed by atoms with Crippen molar-refractivity contribution in [1.29, 1.82) is 0 Å². The van der Waals surface area contributed by atoms with Crippen LogP contribution in [-0.2, 0) is 0 Å². The van der Waals surface area contributed by atoms with Crippen LogP contribution in [0.25, 0.3) is 11.4 Å². The first kappa shape index (κ1) is 19.0. The molecule has 0 saturated carbocycles. The standard InChI is InChI=1S/C20H19N5O3S/c1-28-14-9-7-13(8-10-14)17-22-23-20(25(17)21)29-12-4-11-24-18(26)15-5-2-3-6-16(15)19(24)27/h2-3,5-10H,4,11-12,21H2,1H3. The minimum Gasteiger partial charge on any atom is -0.497 e. The summed E-state index contributed by atoms with van der Waals surface area (Å²) in [6.45, 7) is 0.351. The molecule has 0 saturated heterocycles. The number of methoxy groups -OCH3 is 1. The third-order valence-corrected chi connectivity index (χ3v) is 5.68. The van der Waals surface area contributed by atoms with Gasteiger partial charge in [-0.2, -0.15) is 0 Å². The number of nitrogens with two attached hydrogens (primary N) is 1. The first-order valence-electron chi connectivity index (χ1n) is 9.03. The lowest BCUT2D eigenvalue weighted by Crippen LogP contribution is -2.31. The molecule has 0 aliphatic carbocycles. The van der Waals surface area contributed by atoms with Crippen molar-refractivity contribution in [3.05, 3.63) is 59.7 Å². The molecular formula is C20H19N5O3S. The molecule has 4 rings (SSSR count). The Hall–Kier alpha value is -3.33. The molecule has 2 amide bonds. The second kappa shape index (κ2) is 7.96. The highest BCUT2D eigenvalue weighted by Crippen LogP contribution is 2.25. The molecule has 8 nitrogen and oxygen atoms in total. The zero-order valence-electron chi connectivity index (χ0n) is 15.7. The van der Waals surface area contributed by atoms with Gasteiger partial charge in [-0.25, -0.2) is 4.68 Å². The lowest BCUT2D eigenvalue weighted by molar-refractivity contribution is 0.0655. The predicted octanol–water partition coefficient (Wildman–Crippen LogP) is 2.45. The van der Waals surface area contributed by atoms with E-state index >= 15 is 0 Å². The van der Waals surface area contributed by atoms with Crippen LogP contribution in [-0.4, -0.2) is 51.0 Å². The Morgan fingerprint density at radius 2 is 1.66 bits per heavy atom. The van der Waals surface area contributed by atoms with Crippen molar-refractivity contribution >= 4 is 23.6 Å². The number of fused-ring (bicyclic) bond motifs is 1. The fourth-order valence-corrected chi connectivity index (χ4v) is 3.92. The lowest BCUT2D eigenvalue weighted by Gasteiger charge is -2.13. The van der Waals surface area contributed by atoms with Gasteiger partial charge in [0.1, 0.15) is 5.75 Å². The van der Waals surface area contributed by atoms with Crippen LogP contribution in [0.3, 0.4) is 0 Å². The van der Waals surface area contributed by atoms with E-state index in [1.54, 1.807) is 31.4 Å². The molecule has 148 valence electrons. The fourth-order valence-electron chi connectivity index (χ4n) is 3.14. The van der Waals surface area contributed by atoms with Gasteiger partial charge in [-0.05, 0) is 42.8 Å². The van der Waals surface area contributed by atoms with Crippen LogP contribution in [0.2, 0.25) is 0 Å². The summed E-state index contributed by atoms with van der Waals surface area (Å²) in [5.41, 5.74) is 1.77. The molecule has 0 spiro atoms. The molecule has 1 aliphatic heterocycles. The van der Waals surface area contributed by atoms with E-state index in [4.69, 9.17) is 10.6 Å². The van der Waals surface area contributed by atoms with E-state index in [0.29, 0.717) is 40.8 Å². The summed E-state index contributed by atoms with van der Waals surface area (Å²) in [5, 5.41) is 8.86. The van der Waals surface area contributed by atoms with Crippen molar-refractivity contribution in [2.45, 2.75) is 11.6 Å². The largest absolute Gasteiger partial charge is 0.497 e. The smallest absolute Gasteiger partial charge is 0.261 e. The third-order valence-electron chi connectivity index (χ3n) is 4.65. The monoisotopic (exact) mass is 409 g/mol. The molecule has 2 N–H and O–H groups in total. The number of carbonyl (C=O) groups is 2. The van der Waals surface area contributed by atoms with Crippen LogP contribution in [0, 0.1) is 0 Å². The van der Waals surface area contributed by atoms with Crippen LogP contribution >= 0.6 is 11.8 Å². The van der Waals surface area contributed by atoms with Gasteiger partial charge in [-0.15, -0.1) is 10.2 Å². The van der Waals surface area contributed by atoms with E-state index in [9.17, 15) is 9.59 Å². The second-order valence-electron chi connectivity index (χ2n) is 6.41. The molecule has 1 aliphatic rings. The number of ether oxygens (including phenoxy) is 1. The Labute approximate surface area is 171 Å². The van der Waals surface area contributed by atoms with Crippen LogP contribution in [0.5, 0.6) is 5.75 Å². The molecule has 3 aromatic rings. The summed E-state index contributed by atoms with van der Waals surface area (Å²) in [4.78, 5) is 26.0. The third kappa shape index (κ3) is 3.56. The van der Waals surface area contributed by atoms with Gasteiger partial charge in [0.05, 0.1) is 18.2 Å². The zero-order valence-corrected chi connectivity index (χ0v) is 16.6. The van der Waals surface area contributed by atoms with Gasteiger partial charge >= 0.3 is 0 Å². The summed E-state index contributed by atoms with van der Waals surface area (Å²) in [7, 11) is 1.61. The zero-order chi connectivity index (χ0) is 20.4. The van der Waals surface area contributed by atoms with Gasteiger partial charge in [0.25, 0.3) is 11.8 Å². The number of hydrogen-bond donors (Lipinski definition) is 1.